The molecule has 6 nitrogen and oxygen atoms in total. The van der Waals surface area contributed by atoms with Crippen LogP contribution in [0.4, 0.5) is 5.69 Å². The number of ketones is 1. The lowest BCUT2D eigenvalue weighted by Gasteiger charge is -2.11. The fraction of sp³-hybridized carbons (Fsp3) is 0.0333. The summed E-state index contributed by atoms with van der Waals surface area (Å²) in [5.74, 6) is -0.373. The highest BCUT2D eigenvalue weighted by Crippen LogP contribution is 2.20. The Morgan fingerprint density at radius 2 is 1.54 bits per heavy atom. The molecular formula is C30H24N2O4S. The van der Waals surface area contributed by atoms with E-state index in [2.05, 4.69) is 10.6 Å². The van der Waals surface area contributed by atoms with Crippen LogP contribution in [0.15, 0.2) is 108 Å². The molecule has 0 aliphatic carbocycles. The van der Waals surface area contributed by atoms with Crippen molar-refractivity contribution in [2.24, 2.45) is 0 Å². The van der Waals surface area contributed by atoms with Gasteiger partial charge in [-0.15, -0.1) is 11.3 Å². The molecule has 4 aromatic rings. The molecule has 0 fully saturated rings. The number of carbonyl (C=O) groups excluding carboxylic acids is 3. The lowest BCUT2D eigenvalue weighted by molar-refractivity contribution is -0.113. The van der Waals surface area contributed by atoms with Crippen molar-refractivity contribution in [3.05, 3.63) is 130 Å². The standard InChI is InChI=1S/C30H24N2O4S/c1-36-28-12-6-5-8-22(28)15-18-27(33)21-13-16-24(17-14-21)31-30(35)26(20-25-11-7-19-37-25)32-29(34)23-9-3-2-4-10-23/h2-20H,1H3,(H,31,35)(H,32,34)/b18-15+,26-20-. The number of ether oxygens (including phenoxy) is 1. The van der Waals surface area contributed by atoms with Crippen molar-refractivity contribution in [3.63, 3.8) is 0 Å². The monoisotopic (exact) mass is 508 g/mol. The Balaban J connectivity index is 1.46. The number of benzene rings is 3. The lowest BCUT2D eigenvalue weighted by Crippen LogP contribution is -2.30. The van der Waals surface area contributed by atoms with Gasteiger partial charge in [-0.1, -0.05) is 42.5 Å². The minimum atomic E-state index is -0.479. The zero-order chi connectivity index (χ0) is 26.0. The molecule has 0 unspecified atom stereocenters. The van der Waals surface area contributed by atoms with Gasteiger partial charge in [0.15, 0.2) is 5.78 Å². The summed E-state index contributed by atoms with van der Waals surface area (Å²) in [6.45, 7) is 0. The number of rotatable bonds is 9. The molecule has 0 bridgehead atoms. The highest BCUT2D eigenvalue weighted by molar-refractivity contribution is 7.10. The highest BCUT2D eigenvalue weighted by atomic mass is 32.1. The Morgan fingerprint density at radius 1 is 0.811 bits per heavy atom. The first-order valence-electron chi connectivity index (χ1n) is 11.4. The number of amides is 2. The molecule has 37 heavy (non-hydrogen) atoms. The van der Waals surface area contributed by atoms with Gasteiger partial charge >= 0.3 is 0 Å². The Hall–Kier alpha value is -4.75. The van der Waals surface area contributed by atoms with Crippen molar-refractivity contribution >= 4 is 46.8 Å². The Labute approximate surface area is 218 Å². The van der Waals surface area contributed by atoms with Crippen LogP contribution in [-0.2, 0) is 4.79 Å². The van der Waals surface area contributed by atoms with Crippen LogP contribution in [0.3, 0.4) is 0 Å². The van der Waals surface area contributed by atoms with E-state index in [1.165, 1.54) is 17.4 Å². The molecule has 1 aromatic heterocycles. The molecule has 1 heterocycles. The van der Waals surface area contributed by atoms with Gasteiger partial charge in [0.25, 0.3) is 11.8 Å². The average Bonchev–Trinajstić information content (AvgIpc) is 3.45. The Kier molecular flexibility index (Phi) is 8.41. The Bertz CT molecular complexity index is 1440. The van der Waals surface area contributed by atoms with E-state index in [0.29, 0.717) is 22.6 Å². The number of nitrogens with one attached hydrogen (secondary N) is 2. The normalized spacial score (nSPS) is 11.2. The minimum Gasteiger partial charge on any atom is -0.496 e. The summed E-state index contributed by atoms with van der Waals surface area (Å²) in [6.07, 6.45) is 4.81. The third-order valence-corrected chi connectivity index (χ3v) is 6.16. The van der Waals surface area contributed by atoms with Gasteiger partial charge in [0.2, 0.25) is 0 Å². The summed E-state index contributed by atoms with van der Waals surface area (Å²) in [4.78, 5) is 39.2. The minimum absolute atomic E-state index is 0.108. The van der Waals surface area contributed by atoms with E-state index in [1.54, 1.807) is 67.8 Å². The molecule has 0 aliphatic heterocycles. The summed E-state index contributed by atoms with van der Waals surface area (Å²) < 4.78 is 5.30. The molecule has 4 rings (SSSR count). The van der Waals surface area contributed by atoms with E-state index in [9.17, 15) is 14.4 Å². The molecule has 0 radical (unpaired) electrons. The van der Waals surface area contributed by atoms with Gasteiger partial charge in [-0.3, -0.25) is 14.4 Å². The smallest absolute Gasteiger partial charge is 0.272 e. The number of anilines is 1. The molecular weight excluding hydrogens is 484 g/mol. The van der Waals surface area contributed by atoms with E-state index in [4.69, 9.17) is 4.74 Å². The van der Waals surface area contributed by atoms with Crippen LogP contribution in [-0.4, -0.2) is 24.7 Å². The van der Waals surface area contributed by atoms with Crippen molar-refractivity contribution in [1.29, 1.82) is 0 Å². The zero-order valence-corrected chi connectivity index (χ0v) is 20.8. The van der Waals surface area contributed by atoms with Crippen LogP contribution in [0, 0.1) is 0 Å². The molecule has 184 valence electrons. The maximum absolute atomic E-state index is 13.1. The quantitative estimate of drug-likeness (QED) is 0.213. The maximum Gasteiger partial charge on any atom is 0.272 e. The first-order valence-corrected chi connectivity index (χ1v) is 12.3. The van der Waals surface area contributed by atoms with Crippen molar-refractivity contribution in [3.8, 4) is 5.75 Å². The summed E-state index contributed by atoms with van der Waals surface area (Å²) in [6, 6.07) is 26.4. The Morgan fingerprint density at radius 3 is 2.24 bits per heavy atom. The first-order chi connectivity index (χ1) is 18.0. The molecule has 0 saturated heterocycles. The van der Waals surface area contributed by atoms with Gasteiger partial charge in [-0.25, -0.2) is 0 Å². The van der Waals surface area contributed by atoms with E-state index in [1.807, 2.05) is 47.8 Å². The molecule has 0 atom stereocenters. The number of hydrogen-bond donors (Lipinski definition) is 2. The van der Waals surface area contributed by atoms with E-state index < -0.39 is 5.91 Å². The predicted molar refractivity (Wildman–Crippen MR) is 148 cm³/mol. The number of para-hydroxylation sites is 1. The molecule has 7 heteroatoms. The van der Waals surface area contributed by atoms with Crippen molar-refractivity contribution in [2.45, 2.75) is 0 Å². The molecule has 3 aromatic carbocycles. The average molecular weight is 509 g/mol. The number of allylic oxidation sites excluding steroid dienone is 1. The third kappa shape index (κ3) is 6.90. The first kappa shape index (κ1) is 25.3. The van der Waals surface area contributed by atoms with Gasteiger partial charge in [0, 0.05) is 27.3 Å². The summed E-state index contributed by atoms with van der Waals surface area (Å²) in [7, 11) is 1.58. The van der Waals surface area contributed by atoms with Crippen molar-refractivity contribution in [1.82, 2.24) is 5.32 Å². The van der Waals surface area contributed by atoms with Crippen LogP contribution in [0.5, 0.6) is 5.75 Å². The van der Waals surface area contributed by atoms with Gasteiger partial charge < -0.3 is 15.4 Å². The lowest BCUT2D eigenvalue weighted by atomic mass is 10.1. The topological polar surface area (TPSA) is 84.5 Å². The van der Waals surface area contributed by atoms with Gasteiger partial charge in [0.05, 0.1) is 7.11 Å². The number of carbonyl (C=O) groups is 3. The summed E-state index contributed by atoms with van der Waals surface area (Å²) in [5.41, 5.74) is 2.30. The number of thiophene rings is 1. The van der Waals surface area contributed by atoms with Crippen LogP contribution in [0.2, 0.25) is 0 Å². The second-order valence-corrected chi connectivity index (χ2v) is 8.84. The van der Waals surface area contributed by atoms with Gasteiger partial charge in [0.1, 0.15) is 11.4 Å². The van der Waals surface area contributed by atoms with Crippen molar-refractivity contribution < 1.29 is 19.1 Å². The number of hydrogen-bond acceptors (Lipinski definition) is 5. The van der Waals surface area contributed by atoms with E-state index in [0.717, 1.165) is 10.4 Å². The molecule has 0 saturated carbocycles. The van der Waals surface area contributed by atoms with Gasteiger partial charge in [-0.05, 0) is 72.1 Å². The van der Waals surface area contributed by atoms with Gasteiger partial charge in [-0.2, -0.15) is 0 Å². The summed E-state index contributed by atoms with van der Waals surface area (Å²) >= 11 is 1.45. The summed E-state index contributed by atoms with van der Waals surface area (Å²) in [5, 5.41) is 7.38. The molecule has 2 N–H and O–H groups in total. The largest absolute Gasteiger partial charge is 0.496 e. The fourth-order valence-corrected chi connectivity index (χ4v) is 4.10. The van der Waals surface area contributed by atoms with E-state index in [-0.39, 0.29) is 17.4 Å². The second-order valence-electron chi connectivity index (χ2n) is 7.86. The predicted octanol–water partition coefficient (Wildman–Crippen LogP) is 6.06. The van der Waals surface area contributed by atoms with Crippen LogP contribution >= 0.6 is 11.3 Å². The number of methoxy groups -OCH3 is 1. The highest BCUT2D eigenvalue weighted by Gasteiger charge is 2.15. The molecule has 0 aliphatic rings. The molecule has 2 amide bonds. The van der Waals surface area contributed by atoms with E-state index >= 15 is 0 Å². The van der Waals surface area contributed by atoms with Crippen LogP contribution in [0.25, 0.3) is 12.2 Å². The SMILES string of the molecule is COc1ccccc1/C=C/C(=O)c1ccc(NC(=O)/C(=C/c2cccs2)NC(=O)c2ccccc2)cc1. The zero-order valence-electron chi connectivity index (χ0n) is 20.0. The maximum atomic E-state index is 13.1. The third-order valence-electron chi connectivity index (χ3n) is 5.34. The van der Waals surface area contributed by atoms with Crippen molar-refractivity contribution in [2.75, 3.05) is 12.4 Å². The van der Waals surface area contributed by atoms with Crippen LogP contribution in [0.1, 0.15) is 31.2 Å². The second kappa shape index (κ2) is 12.3. The fourth-order valence-electron chi connectivity index (χ4n) is 3.44. The van der Waals surface area contributed by atoms with Crippen LogP contribution < -0.4 is 15.4 Å². The molecule has 0 spiro atoms.